The van der Waals surface area contributed by atoms with Crippen LogP contribution in [0.2, 0.25) is 0 Å². The van der Waals surface area contributed by atoms with E-state index in [0.717, 1.165) is 0 Å². The van der Waals surface area contributed by atoms with Crippen LogP contribution in [0.5, 0.6) is 0 Å². The molecule has 1 unspecified atom stereocenters. The molecule has 0 rings (SSSR count). The van der Waals surface area contributed by atoms with Crippen LogP contribution in [-0.4, -0.2) is 13.3 Å². The van der Waals surface area contributed by atoms with Gasteiger partial charge in [-0.05, 0) is 6.92 Å². The predicted molar refractivity (Wildman–Crippen MR) is 31.0 cm³/mol. The minimum absolute atomic E-state index is 0. The summed E-state index contributed by atoms with van der Waals surface area (Å²) in [4.78, 5) is 0. The summed E-state index contributed by atoms with van der Waals surface area (Å²) in [5.41, 5.74) is 5.07. The average Bonchev–Trinajstić information content (AvgIpc) is 1.38. The van der Waals surface area contributed by atoms with Gasteiger partial charge in [-0.2, -0.15) is 0 Å². The summed E-state index contributed by atoms with van der Waals surface area (Å²) in [6, 6.07) is 0. The van der Waals surface area contributed by atoms with Gasteiger partial charge in [-0.25, -0.2) is 0 Å². The Morgan fingerprint density at radius 2 is 1.83 bits per heavy atom. The lowest BCUT2D eigenvalue weighted by Gasteiger charge is -1.95. The van der Waals surface area contributed by atoms with Gasteiger partial charge in [-0.1, -0.05) is 0 Å². The van der Waals surface area contributed by atoms with E-state index in [9.17, 15) is 0 Å². The number of rotatable bonds is 1. The van der Waals surface area contributed by atoms with Gasteiger partial charge in [0.25, 0.3) is 0 Å². The fourth-order valence-corrected chi connectivity index (χ4v) is 0. The minimum Gasteiger partial charge on any atom is -0.367 e. The molecule has 40 valence electrons. The Bertz CT molecular complexity index is 24.8. The third-order valence-electron chi connectivity index (χ3n) is 0.372. The van der Waals surface area contributed by atoms with Crippen molar-refractivity contribution in [3.05, 3.63) is 0 Å². The maximum Gasteiger partial charge on any atom is 0.102 e. The highest BCUT2D eigenvalue weighted by molar-refractivity contribution is 8.93. The molecule has 0 radical (unpaired) electrons. The zero-order chi connectivity index (χ0) is 4.28. The molecule has 0 saturated carbocycles. The molecule has 3 heteroatoms. The van der Waals surface area contributed by atoms with Crippen LogP contribution in [0.4, 0.5) is 0 Å². The normalized spacial score (nSPS) is 12.5. The molecule has 0 aliphatic heterocycles. The molecule has 0 amide bonds. The first-order valence-electron chi connectivity index (χ1n) is 1.55. The van der Waals surface area contributed by atoms with Gasteiger partial charge in [0.15, 0.2) is 0 Å². The number of nitrogens with two attached hydrogens (primary N) is 1. The van der Waals surface area contributed by atoms with E-state index in [1.54, 1.807) is 14.0 Å². The predicted octanol–water partition coefficient (Wildman–Crippen LogP) is 0.515. The van der Waals surface area contributed by atoms with E-state index < -0.39 is 0 Å². The fourth-order valence-electron chi connectivity index (χ4n) is 0. The molecule has 2 N–H and O–H groups in total. The van der Waals surface area contributed by atoms with Crippen molar-refractivity contribution < 1.29 is 4.74 Å². The van der Waals surface area contributed by atoms with Crippen molar-refractivity contribution in [2.45, 2.75) is 13.2 Å². The highest BCUT2D eigenvalue weighted by Gasteiger charge is 1.78. The monoisotopic (exact) mass is 155 g/mol. The number of halogens is 1. The molecule has 0 aliphatic carbocycles. The van der Waals surface area contributed by atoms with Gasteiger partial charge in [0.1, 0.15) is 6.23 Å². The molecule has 0 spiro atoms. The Balaban J connectivity index is 0. The molecule has 0 fully saturated rings. The zero-order valence-electron chi connectivity index (χ0n) is 3.97. The van der Waals surface area contributed by atoms with Gasteiger partial charge < -0.3 is 10.5 Å². The fraction of sp³-hybridized carbons (Fsp3) is 1.00. The van der Waals surface area contributed by atoms with E-state index >= 15 is 0 Å². The van der Waals surface area contributed by atoms with Crippen LogP contribution < -0.4 is 5.73 Å². The van der Waals surface area contributed by atoms with Crippen molar-refractivity contribution in [1.82, 2.24) is 0 Å². The van der Waals surface area contributed by atoms with Gasteiger partial charge in [0, 0.05) is 7.11 Å². The third-order valence-corrected chi connectivity index (χ3v) is 0.372. The van der Waals surface area contributed by atoms with Crippen LogP contribution >= 0.6 is 17.0 Å². The molecule has 0 aromatic rings. The lowest BCUT2D eigenvalue weighted by atomic mass is 10.7. The number of hydrogen-bond donors (Lipinski definition) is 1. The molecular weight excluding hydrogens is 146 g/mol. The average molecular weight is 156 g/mol. The van der Waals surface area contributed by atoms with Crippen molar-refractivity contribution in [1.29, 1.82) is 0 Å². The first kappa shape index (κ1) is 9.64. The number of methoxy groups -OCH3 is 1. The van der Waals surface area contributed by atoms with Crippen LogP contribution in [0, 0.1) is 0 Å². The van der Waals surface area contributed by atoms with Crippen molar-refractivity contribution in [3.8, 4) is 0 Å². The second-order valence-corrected chi connectivity index (χ2v) is 0.941. The van der Waals surface area contributed by atoms with E-state index in [2.05, 4.69) is 4.74 Å². The maximum absolute atomic E-state index is 5.07. The van der Waals surface area contributed by atoms with Crippen LogP contribution in [0.1, 0.15) is 6.92 Å². The van der Waals surface area contributed by atoms with Crippen molar-refractivity contribution in [3.63, 3.8) is 0 Å². The highest BCUT2D eigenvalue weighted by Crippen LogP contribution is 1.66. The Kier molecular flexibility index (Phi) is 8.68. The Labute approximate surface area is 48.4 Å². The van der Waals surface area contributed by atoms with Gasteiger partial charge in [-0.15, -0.1) is 17.0 Å². The molecule has 0 aliphatic rings. The quantitative estimate of drug-likeness (QED) is 0.561. The minimum atomic E-state index is -0.116. The van der Waals surface area contributed by atoms with Crippen LogP contribution in [0.3, 0.4) is 0 Å². The van der Waals surface area contributed by atoms with Gasteiger partial charge >= 0.3 is 0 Å². The molecule has 6 heavy (non-hydrogen) atoms. The van der Waals surface area contributed by atoms with E-state index in [1.807, 2.05) is 0 Å². The molecule has 2 nitrogen and oxygen atoms in total. The molecule has 0 heterocycles. The molecule has 0 saturated heterocycles. The SMILES string of the molecule is Br.COC(C)N. The summed E-state index contributed by atoms with van der Waals surface area (Å²) in [6.45, 7) is 1.78. The van der Waals surface area contributed by atoms with Crippen LogP contribution in [0.15, 0.2) is 0 Å². The largest absolute Gasteiger partial charge is 0.367 e. The highest BCUT2D eigenvalue weighted by atomic mass is 79.9. The Morgan fingerprint density at radius 3 is 1.83 bits per heavy atom. The second kappa shape index (κ2) is 5.40. The summed E-state index contributed by atoms with van der Waals surface area (Å²) in [6.07, 6.45) is -0.116. The number of hydrogen-bond acceptors (Lipinski definition) is 2. The van der Waals surface area contributed by atoms with Crippen molar-refractivity contribution >= 4 is 17.0 Å². The van der Waals surface area contributed by atoms with Gasteiger partial charge in [0.05, 0.1) is 0 Å². The van der Waals surface area contributed by atoms with Crippen LogP contribution in [-0.2, 0) is 4.74 Å². The van der Waals surface area contributed by atoms with E-state index in [1.165, 1.54) is 0 Å². The molecule has 0 aromatic carbocycles. The number of ether oxygens (including phenoxy) is 1. The molecule has 1 atom stereocenters. The topological polar surface area (TPSA) is 35.2 Å². The first-order chi connectivity index (χ1) is 2.27. The van der Waals surface area contributed by atoms with Gasteiger partial charge in [0.2, 0.25) is 0 Å². The summed E-state index contributed by atoms with van der Waals surface area (Å²) >= 11 is 0. The van der Waals surface area contributed by atoms with E-state index in [0.29, 0.717) is 0 Å². The van der Waals surface area contributed by atoms with Crippen molar-refractivity contribution in [2.75, 3.05) is 7.11 Å². The Morgan fingerprint density at radius 1 is 1.67 bits per heavy atom. The van der Waals surface area contributed by atoms with Crippen LogP contribution in [0.25, 0.3) is 0 Å². The molecular formula is C3H10BrNO. The third kappa shape index (κ3) is 8.83. The van der Waals surface area contributed by atoms with E-state index in [4.69, 9.17) is 5.73 Å². The van der Waals surface area contributed by atoms with E-state index in [-0.39, 0.29) is 23.2 Å². The lowest BCUT2D eigenvalue weighted by Crippen LogP contribution is -2.15. The zero-order valence-corrected chi connectivity index (χ0v) is 5.68. The standard InChI is InChI=1S/C3H9NO.BrH/c1-3(4)5-2;/h3H,4H2,1-2H3;1H. The lowest BCUT2D eigenvalue weighted by molar-refractivity contribution is 0.124. The maximum atomic E-state index is 5.07. The summed E-state index contributed by atoms with van der Waals surface area (Å²) in [5.74, 6) is 0. The van der Waals surface area contributed by atoms with Crippen molar-refractivity contribution in [2.24, 2.45) is 5.73 Å². The summed E-state index contributed by atoms with van der Waals surface area (Å²) < 4.78 is 4.53. The first-order valence-corrected chi connectivity index (χ1v) is 1.55. The second-order valence-electron chi connectivity index (χ2n) is 0.941. The molecule has 0 aromatic heterocycles. The summed E-state index contributed by atoms with van der Waals surface area (Å²) in [5, 5.41) is 0. The Hall–Kier alpha value is 0.400. The summed E-state index contributed by atoms with van der Waals surface area (Å²) in [7, 11) is 1.57. The van der Waals surface area contributed by atoms with Gasteiger partial charge in [-0.3, -0.25) is 0 Å². The smallest absolute Gasteiger partial charge is 0.102 e. The molecule has 0 bridgehead atoms.